The number of Topliss-reactive ketones (excluding diaryl/α,β-unsaturated/α-hetero) is 1. The van der Waals surface area contributed by atoms with Crippen molar-refractivity contribution in [1.82, 2.24) is 9.91 Å². The van der Waals surface area contributed by atoms with Crippen LogP contribution in [0.3, 0.4) is 0 Å². The van der Waals surface area contributed by atoms with E-state index in [1.54, 1.807) is 32.9 Å². The van der Waals surface area contributed by atoms with Crippen molar-refractivity contribution in [3.8, 4) is 23.0 Å². The minimum absolute atomic E-state index is 0.0326. The molecule has 2 aromatic rings. The number of benzene rings is 2. The maximum Gasteiger partial charge on any atom is 0.312 e. The third kappa shape index (κ3) is 9.29. The Morgan fingerprint density at radius 1 is 0.968 bits per heavy atom. The number of piperazine rings is 1. The highest BCUT2D eigenvalue weighted by molar-refractivity contribution is 6.23. The Hall–Kier alpha value is -5.16. The van der Waals surface area contributed by atoms with E-state index in [-0.39, 0.29) is 50.9 Å². The molecular weight excluding hydrogens is 801 g/mol. The normalized spacial score (nSPS) is 31.5. The Balaban J connectivity index is 1.46. The van der Waals surface area contributed by atoms with Gasteiger partial charge in [0.2, 0.25) is 0 Å². The van der Waals surface area contributed by atoms with Crippen molar-refractivity contribution < 1.29 is 58.9 Å². The van der Waals surface area contributed by atoms with Crippen LogP contribution >= 0.6 is 0 Å². The molecule has 338 valence electrons. The number of allylic oxidation sites excluding steroid dienone is 2. The summed E-state index contributed by atoms with van der Waals surface area (Å²) in [6, 6.07) is 0.555. The number of ketones is 1. The summed E-state index contributed by atoms with van der Waals surface area (Å²) in [7, 11) is 1.44. The van der Waals surface area contributed by atoms with Gasteiger partial charge in [0.1, 0.15) is 23.4 Å². The summed E-state index contributed by atoms with van der Waals surface area (Å²) in [6.45, 7) is 13.6. The lowest BCUT2D eigenvalue weighted by molar-refractivity contribution is -0.154. The molecule has 4 aliphatic heterocycles. The number of amides is 1. The molecule has 0 unspecified atom stereocenters. The van der Waals surface area contributed by atoms with Gasteiger partial charge in [-0.25, -0.2) is 0 Å². The molecule has 4 heterocycles. The zero-order chi connectivity index (χ0) is 45.2. The number of anilines is 1. The van der Waals surface area contributed by atoms with Gasteiger partial charge in [-0.1, -0.05) is 51.8 Å². The lowest BCUT2D eigenvalue weighted by Gasteiger charge is -2.36. The van der Waals surface area contributed by atoms with Crippen molar-refractivity contribution in [3.63, 3.8) is 0 Å². The second-order valence-electron chi connectivity index (χ2n) is 17.3. The number of phenolic OH excluding ortho intramolecular Hbond substituents is 3. The maximum absolute atomic E-state index is 14.5. The Morgan fingerprint density at radius 2 is 1.65 bits per heavy atom. The molecular formula is C46H62N4O12. The molecule has 1 aliphatic carbocycles. The summed E-state index contributed by atoms with van der Waals surface area (Å²) in [6.07, 6.45) is 9.80. The van der Waals surface area contributed by atoms with E-state index in [0.717, 1.165) is 13.1 Å². The number of hydrazone groups is 1. The number of nitrogens with one attached hydrogen (secondary N) is 1. The average molecular weight is 863 g/mol. The van der Waals surface area contributed by atoms with E-state index in [1.807, 2.05) is 5.01 Å². The smallest absolute Gasteiger partial charge is 0.312 e. The van der Waals surface area contributed by atoms with Crippen LogP contribution in [0.1, 0.15) is 95.1 Å². The number of phenols is 3. The first kappa shape index (κ1) is 46.3. The fourth-order valence-corrected chi connectivity index (χ4v) is 9.00. The van der Waals surface area contributed by atoms with Crippen molar-refractivity contribution in [2.45, 2.75) is 117 Å². The second-order valence-corrected chi connectivity index (χ2v) is 17.3. The summed E-state index contributed by atoms with van der Waals surface area (Å²) in [4.78, 5) is 43.0. The van der Waals surface area contributed by atoms with E-state index >= 15 is 0 Å². The van der Waals surface area contributed by atoms with Gasteiger partial charge in [-0.05, 0) is 32.8 Å². The number of carbonyl (C=O) groups is 3. The first-order valence-corrected chi connectivity index (χ1v) is 21.5. The van der Waals surface area contributed by atoms with Gasteiger partial charge in [-0.2, -0.15) is 5.10 Å². The molecule has 16 nitrogen and oxygen atoms in total. The van der Waals surface area contributed by atoms with Gasteiger partial charge in [-0.3, -0.25) is 24.3 Å². The maximum atomic E-state index is 14.5. The van der Waals surface area contributed by atoms with Crippen LogP contribution in [0.5, 0.6) is 23.0 Å². The predicted octanol–water partition coefficient (Wildman–Crippen LogP) is 5.40. The van der Waals surface area contributed by atoms with Gasteiger partial charge in [-0.15, -0.1) is 0 Å². The monoisotopic (exact) mass is 862 g/mol. The molecule has 5 bridgehead atoms. The standard InChI is InChI=1S/C46H62N4O12/c1-24-12-11-13-25(2)45(58)48-38-31(23-47-50-19-17-49(18-20-50)30-14-9-10-15-30)41(55)35-36(42(38)56)40(54)28(5)43-37(35)44(57)46(7,62-43)60-21-16-33(59-8)27(4)34(61-29(6)51)22-32(52)26(3)39(24)53/h11-13,16,21,23-24,26-27,30,32-34,39,52-56H,9-10,14-15,17-20,22H2,1-8H3,(H,48,58)/b12-11+,21-16+,25-13-,47-23+/t24-,26-,27+,32-,33-,34-,39-,46-/m0/s1. The minimum Gasteiger partial charge on any atom is -0.507 e. The SMILES string of the molecule is CO[C@H]1/C=C/O[C@@]2(C)Oc3c(C)c(O)c4c(O)c(c(/C=N/N5CCN(C6CCCC6)CC5)c(O)c4c3C2=O)NC(=O)/C(C)=C\C=C\[C@H](C)[C@H](O)[C@@H](C)[C@@H](O)C[C@H](OC(C)=O)[C@@H]1C. The lowest BCUT2D eigenvalue weighted by Crippen LogP contribution is -2.47. The van der Waals surface area contributed by atoms with Crippen LogP contribution < -0.4 is 10.1 Å². The van der Waals surface area contributed by atoms with Gasteiger partial charge in [0.15, 0.2) is 5.75 Å². The number of carbonyl (C=O) groups excluding carboxylic acids is 3. The number of rotatable bonds is 5. The first-order valence-electron chi connectivity index (χ1n) is 21.5. The summed E-state index contributed by atoms with van der Waals surface area (Å²) < 4.78 is 23.5. The van der Waals surface area contributed by atoms with Crippen LogP contribution in [-0.4, -0.2) is 129 Å². The average Bonchev–Trinajstić information content (AvgIpc) is 3.87. The van der Waals surface area contributed by atoms with Crippen molar-refractivity contribution in [1.29, 1.82) is 0 Å². The van der Waals surface area contributed by atoms with E-state index in [0.29, 0.717) is 19.1 Å². The quantitative estimate of drug-likeness (QED) is 0.0960. The number of aliphatic hydroxyl groups is 2. The molecule has 5 aliphatic rings. The highest BCUT2D eigenvalue weighted by Gasteiger charge is 2.50. The number of aromatic hydroxyl groups is 3. The number of ether oxygens (including phenoxy) is 4. The molecule has 1 saturated carbocycles. The van der Waals surface area contributed by atoms with Gasteiger partial charge < -0.3 is 49.8 Å². The van der Waals surface area contributed by atoms with E-state index in [1.165, 1.54) is 85.1 Å². The molecule has 1 saturated heterocycles. The number of hydrogen-bond acceptors (Lipinski definition) is 15. The van der Waals surface area contributed by atoms with E-state index in [9.17, 15) is 39.9 Å². The predicted molar refractivity (Wildman–Crippen MR) is 232 cm³/mol. The molecule has 62 heavy (non-hydrogen) atoms. The largest absolute Gasteiger partial charge is 0.507 e. The highest BCUT2D eigenvalue weighted by Crippen LogP contribution is 2.55. The summed E-state index contributed by atoms with van der Waals surface area (Å²) in [5, 5.41) is 67.1. The Bertz CT molecular complexity index is 2150. The van der Waals surface area contributed by atoms with Gasteiger partial charge in [0.05, 0.1) is 53.0 Å². The summed E-state index contributed by atoms with van der Waals surface area (Å²) in [5.74, 6) is -7.52. The van der Waals surface area contributed by atoms with Crippen LogP contribution in [-0.2, 0) is 23.8 Å². The van der Waals surface area contributed by atoms with Crippen molar-refractivity contribution in [3.05, 3.63) is 52.8 Å². The molecule has 16 heteroatoms. The van der Waals surface area contributed by atoms with Crippen LogP contribution in [0.4, 0.5) is 5.69 Å². The third-order valence-corrected chi connectivity index (χ3v) is 13.1. The number of nitrogens with zero attached hydrogens (tertiary/aromatic N) is 3. The molecule has 0 radical (unpaired) electrons. The molecule has 0 aromatic heterocycles. The van der Waals surface area contributed by atoms with Gasteiger partial charge in [0.25, 0.3) is 11.7 Å². The topological polar surface area (TPSA) is 220 Å². The van der Waals surface area contributed by atoms with Crippen LogP contribution in [0, 0.1) is 24.7 Å². The third-order valence-electron chi connectivity index (χ3n) is 13.1. The van der Waals surface area contributed by atoms with Gasteiger partial charge >= 0.3 is 11.8 Å². The summed E-state index contributed by atoms with van der Waals surface area (Å²) >= 11 is 0. The molecule has 2 aromatic carbocycles. The Kier molecular flexibility index (Phi) is 14.3. The second kappa shape index (κ2) is 19.1. The van der Waals surface area contributed by atoms with Crippen LogP contribution in [0.25, 0.3) is 10.8 Å². The Morgan fingerprint density at radius 3 is 2.29 bits per heavy atom. The number of methoxy groups -OCH3 is 1. The van der Waals surface area contributed by atoms with Gasteiger partial charge in [0, 0.05) is 93.9 Å². The number of fused-ring (bicyclic) bond motifs is 14. The molecule has 2 fully saturated rings. The highest BCUT2D eigenvalue weighted by atomic mass is 16.7. The molecule has 1 amide bonds. The number of hydrogen-bond donors (Lipinski definition) is 6. The zero-order valence-corrected chi connectivity index (χ0v) is 36.9. The molecule has 7 rings (SSSR count). The first-order chi connectivity index (χ1) is 29.4. The van der Waals surface area contributed by atoms with E-state index in [4.69, 9.17) is 18.9 Å². The van der Waals surface area contributed by atoms with Crippen LogP contribution in [0.15, 0.2) is 41.2 Å². The lowest BCUT2D eigenvalue weighted by atomic mass is 9.84. The number of aliphatic hydroxyl groups excluding tert-OH is 2. The summed E-state index contributed by atoms with van der Waals surface area (Å²) in [5.41, 5.74) is -0.288. The fourth-order valence-electron chi connectivity index (χ4n) is 9.00. The van der Waals surface area contributed by atoms with E-state index in [2.05, 4.69) is 15.3 Å². The number of esters is 1. The minimum atomic E-state index is -2.04. The Labute approximate surface area is 362 Å². The fraction of sp³-hybridized carbons (Fsp3) is 0.565. The zero-order valence-electron chi connectivity index (χ0n) is 36.9. The van der Waals surface area contributed by atoms with Crippen LogP contribution in [0.2, 0.25) is 0 Å². The van der Waals surface area contributed by atoms with E-state index < -0.39 is 82.9 Å². The van der Waals surface area contributed by atoms with Crippen molar-refractivity contribution >= 4 is 40.3 Å². The van der Waals surface area contributed by atoms with Crippen molar-refractivity contribution in [2.75, 3.05) is 38.6 Å². The molecule has 0 spiro atoms. The molecule has 6 N–H and O–H groups in total. The molecule has 8 atom stereocenters. The van der Waals surface area contributed by atoms with Crippen molar-refractivity contribution in [2.24, 2.45) is 22.9 Å².